The van der Waals surface area contributed by atoms with Crippen LogP contribution in [0, 0.1) is 5.92 Å². The van der Waals surface area contributed by atoms with Gasteiger partial charge in [-0.3, -0.25) is 0 Å². The number of nitrogens with two attached hydrogens (primary N) is 1. The lowest BCUT2D eigenvalue weighted by molar-refractivity contribution is 0.543. The van der Waals surface area contributed by atoms with Gasteiger partial charge in [0.2, 0.25) is 0 Å². The van der Waals surface area contributed by atoms with Gasteiger partial charge in [-0.1, -0.05) is 6.92 Å². The summed E-state index contributed by atoms with van der Waals surface area (Å²) in [6.45, 7) is 2.65. The van der Waals surface area contributed by atoms with E-state index >= 15 is 0 Å². The van der Waals surface area contributed by atoms with Gasteiger partial charge in [-0.15, -0.1) is 0 Å². The number of aromatic nitrogens is 2. The molecule has 80 valence electrons. The molecule has 4 N–H and O–H groups in total. The Bertz CT molecular complexity index is 359. The zero-order valence-electron chi connectivity index (χ0n) is 7.90. The van der Waals surface area contributed by atoms with E-state index in [2.05, 4.69) is 14.7 Å². The minimum atomic E-state index is -3.45. The first kappa shape index (κ1) is 11.2. The molecule has 7 heteroatoms. The molecule has 1 aromatic rings. The van der Waals surface area contributed by atoms with Crippen molar-refractivity contribution in [1.29, 1.82) is 0 Å². The Morgan fingerprint density at radius 1 is 1.71 bits per heavy atom. The number of sulfonamides is 1. The number of hydrogen-bond acceptors (Lipinski definition) is 4. The molecule has 0 saturated carbocycles. The van der Waals surface area contributed by atoms with Gasteiger partial charge < -0.3 is 10.7 Å². The van der Waals surface area contributed by atoms with Crippen LogP contribution in [0.5, 0.6) is 0 Å². The normalized spacial score (nSPS) is 14.1. The molecule has 1 aromatic heterocycles. The molecule has 0 bridgehead atoms. The van der Waals surface area contributed by atoms with E-state index in [-0.39, 0.29) is 10.9 Å². The molecule has 0 aliphatic heterocycles. The summed E-state index contributed by atoms with van der Waals surface area (Å²) < 4.78 is 25.4. The Hall–Kier alpha value is -0.920. The van der Waals surface area contributed by atoms with Crippen molar-refractivity contribution in [3.8, 4) is 0 Å². The standard InChI is InChI=1S/C7H14N4O2S/c1-6(2-8)3-11-14(12,13)7-4-9-5-10-7/h4-6,11H,2-3,8H2,1H3,(H,9,10). The fourth-order valence-corrected chi connectivity index (χ4v) is 1.87. The lowest BCUT2D eigenvalue weighted by atomic mass is 10.2. The van der Waals surface area contributed by atoms with Gasteiger partial charge in [-0.05, 0) is 12.5 Å². The van der Waals surface area contributed by atoms with Crippen LogP contribution in [0.1, 0.15) is 6.92 Å². The molecule has 1 heterocycles. The lowest BCUT2D eigenvalue weighted by Gasteiger charge is -2.09. The number of hydrogen-bond donors (Lipinski definition) is 3. The highest BCUT2D eigenvalue weighted by Crippen LogP contribution is 2.02. The molecule has 14 heavy (non-hydrogen) atoms. The fraction of sp³-hybridized carbons (Fsp3) is 0.571. The van der Waals surface area contributed by atoms with Crippen molar-refractivity contribution in [2.45, 2.75) is 11.9 Å². The number of aromatic amines is 1. The Balaban J connectivity index is 2.60. The van der Waals surface area contributed by atoms with Crippen LogP contribution in [0.3, 0.4) is 0 Å². The van der Waals surface area contributed by atoms with Gasteiger partial charge in [0.25, 0.3) is 10.0 Å². The number of imidazole rings is 1. The highest BCUT2D eigenvalue weighted by Gasteiger charge is 2.15. The number of nitrogens with zero attached hydrogens (tertiary/aromatic N) is 1. The molecular formula is C7H14N4O2S. The van der Waals surface area contributed by atoms with E-state index in [0.717, 1.165) is 0 Å². The van der Waals surface area contributed by atoms with Crippen molar-refractivity contribution < 1.29 is 8.42 Å². The zero-order chi connectivity index (χ0) is 10.6. The molecular weight excluding hydrogens is 204 g/mol. The summed E-state index contributed by atoms with van der Waals surface area (Å²) in [6, 6.07) is 0. The maximum Gasteiger partial charge on any atom is 0.257 e. The van der Waals surface area contributed by atoms with E-state index in [1.165, 1.54) is 12.5 Å². The zero-order valence-corrected chi connectivity index (χ0v) is 8.71. The molecule has 6 nitrogen and oxygen atoms in total. The summed E-state index contributed by atoms with van der Waals surface area (Å²) in [5.74, 6) is 0.118. The maximum absolute atomic E-state index is 11.5. The lowest BCUT2D eigenvalue weighted by Crippen LogP contribution is -2.31. The Morgan fingerprint density at radius 3 is 2.93 bits per heavy atom. The highest BCUT2D eigenvalue weighted by atomic mass is 32.2. The van der Waals surface area contributed by atoms with Crippen molar-refractivity contribution in [2.75, 3.05) is 13.1 Å². The third-order valence-electron chi connectivity index (χ3n) is 1.79. The van der Waals surface area contributed by atoms with Crippen LogP contribution in [-0.2, 0) is 10.0 Å². The van der Waals surface area contributed by atoms with Crippen LogP contribution in [-0.4, -0.2) is 31.5 Å². The van der Waals surface area contributed by atoms with Crippen LogP contribution < -0.4 is 10.5 Å². The van der Waals surface area contributed by atoms with Gasteiger partial charge >= 0.3 is 0 Å². The molecule has 1 unspecified atom stereocenters. The summed E-state index contributed by atoms with van der Waals surface area (Å²) in [5, 5.41) is 0.0710. The minimum Gasteiger partial charge on any atom is -0.335 e. The Morgan fingerprint density at radius 2 is 2.43 bits per heavy atom. The van der Waals surface area contributed by atoms with E-state index in [4.69, 9.17) is 5.73 Å². The van der Waals surface area contributed by atoms with Crippen LogP contribution in [0.25, 0.3) is 0 Å². The van der Waals surface area contributed by atoms with Gasteiger partial charge in [-0.25, -0.2) is 18.1 Å². The Labute approximate surface area is 83.0 Å². The number of rotatable bonds is 5. The van der Waals surface area contributed by atoms with Crippen molar-refractivity contribution in [1.82, 2.24) is 14.7 Å². The second kappa shape index (κ2) is 4.54. The summed E-state index contributed by atoms with van der Waals surface area (Å²) in [4.78, 5) is 6.16. The molecule has 0 spiro atoms. The number of nitrogens with one attached hydrogen (secondary N) is 2. The SMILES string of the molecule is CC(CN)CNS(=O)(=O)c1cnc[nH]1. The van der Waals surface area contributed by atoms with Crippen molar-refractivity contribution >= 4 is 10.0 Å². The van der Waals surface area contributed by atoms with Crippen molar-refractivity contribution in [3.05, 3.63) is 12.5 Å². The Kier molecular flexibility index (Phi) is 3.62. The van der Waals surface area contributed by atoms with Gasteiger partial charge in [0.05, 0.1) is 12.5 Å². The molecule has 0 aromatic carbocycles. The van der Waals surface area contributed by atoms with E-state index in [0.29, 0.717) is 13.1 Å². The van der Waals surface area contributed by atoms with Gasteiger partial charge in [-0.2, -0.15) is 0 Å². The monoisotopic (exact) mass is 218 g/mol. The summed E-state index contributed by atoms with van der Waals surface area (Å²) in [7, 11) is -3.45. The molecule has 0 amide bonds. The first-order valence-corrected chi connectivity index (χ1v) is 5.72. The molecule has 0 fully saturated rings. The first-order valence-electron chi connectivity index (χ1n) is 4.24. The van der Waals surface area contributed by atoms with E-state index < -0.39 is 10.0 Å². The largest absolute Gasteiger partial charge is 0.335 e. The summed E-state index contributed by atoms with van der Waals surface area (Å²) >= 11 is 0. The van der Waals surface area contributed by atoms with Crippen molar-refractivity contribution in [3.63, 3.8) is 0 Å². The van der Waals surface area contributed by atoms with E-state index in [1.54, 1.807) is 0 Å². The third-order valence-corrected chi connectivity index (χ3v) is 3.14. The van der Waals surface area contributed by atoms with Gasteiger partial charge in [0.15, 0.2) is 5.03 Å². The first-order chi connectivity index (χ1) is 6.56. The fourth-order valence-electron chi connectivity index (χ4n) is 0.803. The maximum atomic E-state index is 11.5. The van der Waals surface area contributed by atoms with E-state index in [1.807, 2.05) is 6.92 Å². The van der Waals surface area contributed by atoms with Gasteiger partial charge in [0, 0.05) is 6.54 Å². The average Bonchev–Trinajstić information content (AvgIpc) is 2.67. The average molecular weight is 218 g/mol. The van der Waals surface area contributed by atoms with E-state index in [9.17, 15) is 8.42 Å². The topological polar surface area (TPSA) is 101 Å². The minimum absolute atomic E-state index is 0.0710. The predicted octanol–water partition coefficient (Wildman–Crippen LogP) is -0.717. The molecule has 0 radical (unpaired) electrons. The quantitative estimate of drug-likeness (QED) is 0.607. The van der Waals surface area contributed by atoms with Crippen LogP contribution in [0.2, 0.25) is 0 Å². The van der Waals surface area contributed by atoms with Gasteiger partial charge in [0.1, 0.15) is 0 Å². The third kappa shape index (κ3) is 2.79. The van der Waals surface area contributed by atoms with Crippen LogP contribution in [0.15, 0.2) is 17.6 Å². The molecule has 1 atom stereocenters. The predicted molar refractivity (Wildman–Crippen MR) is 52.0 cm³/mol. The second-order valence-electron chi connectivity index (χ2n) is 3.11. The molecule has 0 aliphatic rings. The van der Waals surface area contributed by atoms with Crippen molar-refractivity contribution in [2.24, 2.45) is 11.7 Å². The smallest absolute Gasteiger partial charge is 0.257 e. The number of H-pyrrole nitrogens is 1. The highest BCUT2D eigenvalue weighted by molar-refractivity contribution is 7.89. The molecule has 0 saturated heterocycles. The van der Waals surface area contributed by atoms with Crippen LogP contribution >= 0.6 is 0 Å². The molecule has 0 aliphatic carbocycles. The van der Waals surface area contributed by atoms with Crippen LogP contribution in [0.4, 0.5) is 0 Å². The molecule has 1 rings (SSSR count). The summed E-state index contributed by atoms with van der Waals surface area (Å²) in [5.41, 5.74) is 5.37. The second-order valence-corrected chi connectivity index (χ2v) is 4.84. The summed E-state index contributed by atoms with van der Waals surface area (Å²) in [6.07, 6.45) is 2.58.